The lowest BCUT2D eigenvalue weighted by Gasteiger charge is -2.61. The molecule has 0 aromatic heterocycles. The Morgan fingerprint density at radius 2 is 1.86 bits per heavy atom. The molecule has 0 saturated heterocycles. The molecule has 21 heavy (non-hydrogen) atoms. The molecule has 0 aromatic carbocycles. The maximum Gasteiger partial charge on any atom is 0.126 e. The van der Waals surface area contributed by atoms with Gasteiger partial charge in [-0.2, -0.15) is 0 Å². The number of carbonyl (C=O) groups is 1. The second-order valence-corrected chi connectivity index (χ2v) is 9.11. The third-order valence-corrected chi connectivity index (χ3v) is 6.97. The Hall–Kier alpha value is -0.590. The van der Waals surface area contributed by atoms with Gasteiger partial charge >= 0.3 is 0 Å². The molecule has 0 heterocycles. The zero-order valence-electron chi connectivity index (χ0n) is 14.8. The van der Waals surface area contributed by atoms with Gasteiger partial charge in [-0.05, 0) is 68.1 Å². The second-order valence-electron chi connectivity index (χ2n) is 9.11. The first-order valence-electron chi connectivity index (χ1n) is 8.76. The van der Waals surface area contributed by atoms with E-state index in [1.54, 1.807) is 0 Å². The largest absolute Gasteiger partial charge is 0.303 e. The molecule has 0 N–H and O–H groups in total. The maximum absolute atomic E-state index is 11.9. The van der Waals surface area contributed by atoms with Crippen LogP contribution in [-0.4, -0.2) is 6.29 Å². The Kier molecular flexibility index (Phi) is 4.44. The highest BCUT2D eigenvalue weighted by Gasteiger charge is 2.57. The van der Waals surface area contributed by atoms with Gasteiger partial charge in [0.2, 0.25) is 0 Å². The minimum atomic E-state index is -0.131. The van der Waals surface area contributed by atoms with Crippen molar-refractivity contribution >= 4 is 6.29 Å². The fourth-order valence-corrected chi connectivity index (χ4v) is 5.88. The van der Waals surface area contributed by atoms with Gasteiger partial charge in [-0.15, -0.1) is 6.58 Å². The van der Waals surface area contributed by atoms with Gasteiger partial charge in [0.05, 0.1) is 0 Å². The van der Waals surface area contributed by atoms with Crippen LogP contribution in [0.1, 0.15) is 79.6 Å². The van der Waals surface area contributed by atoms with Crippen LogP contribution in [-0.2, 0) is 4.79 Å². The minimum absolute atomic E-state index is 0.131. The monoisotopic (exact) mass is 290 g/mol. The number of hydrogen-bond donors (Lipinski definition) is 0. The maximum atomic E-state index is 11.9. The van der Waals surface area contributed by atoms with Gasteiger partial charge in [-0.25, -0.2) is 0 Å². The van der Waals surface area contributed by atoms with Gasteiger partial charge in [-0.3, -0.25) is 0 Å². The van der Waals surface area contributed by atoms with E-state index in [4.69, 9.17) is 0 Å². The van der Waals surface area contributed by atoms with Crippen molar-refractivity contribution in [3.63, 3.8) is 0 Å². The van der Waals surface area contributed by atoms with Crippen molar-refractivity contribution in [2.24, 2.45) is 28.1 Å². The molecule has 0 aliphatic heterocycles. The van der Waals surface area contributed by atoms with Crippen LogP contribution in [0.5, 0.6) is 0 Å². The molecule has 2 aliphatic rings. The molecule has 0 aromatic rings. The van der Waals surface area contributed by atoms with Gasteiger partial charge in [-0.1, -0.05) is 39.7 Å². The van der Waals surface area contributed by atoms with Gasteiger partial charge in [0.1, 0.15) is 6.29 Å². The lowest BCUT2D eigenvalue weighted by molar-refractivity contribution is -0.148. The third kappa shape index (κ3) is 2.85. The number of aldehydes is 1. The third-order valence-electron chi connectivity index (χ3n) is 6.97. The molecule has 4 atom stereocenters. The van der Waals surface area contributed by atoms with E-state index in [9.17, 15) is 4.79 Å². The molecule has 2 aliphatic carbocycles. The van der Waals surface area contributed by atoms with Gasteiger partial charge in [0.15, 0.2) is 0 Å². The minimum Gasteiger partial charge on any atom is -0.303 e. The SMILES string of the molecule is C=C(C)CC[C@H]1[C@@](C)(C=O)CCC2C(C)(C)CCC[C@@]21C. The Balaban J connectivity index is 2.36. The smallest absolute Gasteiger partial charge is 0.126 e. The summed E-state index contributed by atoms with van der Waals surface area (Å²) in [6.45, 7) is 15.8. The van der Waals surface area contributed by atoms with Crippen molar-refractivity contribution < 1.29 is 4.79 Å². The molecule has 2 rings (SSSR count). The molecule has 0 amide bonds. The van der Waals surface area contributed by atoms with Crippen molar-refractivity contribution in [1.29, 1.82) is 0 Å². The number of hydrogen-bond acceptors (Lipinski definition) is 1. The van der Waals surface area contributed by atoms with Crippen LogP contribution in [0.4, 0.5) is 0 Å². The zero-order chi connectivity index (χ0) is 15.9. The molecule has 2 fully saturated rings. The number of fused-ring (bicyclic) bond motifs is 1. The molecule has 0 radical (unpaired) electrons. The normalized spacial score (nSPS) is 42.1. The Bertz CT molecular complexity index is 422. The van der Waals surface area contributed by atoms with E-state index in [-0.39, 0.29) is 5.41 Å². The second kappa shape index (κ2) is 5.56. The van der Waals surface area contributed by atoms with Crippen LogP contribution >= 0.6 is 0 Å². The lowest BCUT2D eigenvalue weighted by Crippen LogP contribution is -2.55. The average molecular weight is 290 g/mol. The standard InChI is InChI=1S/C20H34O/c1-15(2)8-9-17-19(5,14-21)13-10-16-18(3,4)11-7-12-20(16,17)6/h14,16-17H,1,7-13H2,2-6H3/t16?,17-,19+,20-/m0/s1. The quantitative estimate of drug-likeness (QED) is 0.473. The zero-order valence-corrected chi connectivity index (χ0v) is 14.8. The first-order chi connectivity index (χ1) is 9.66. The molecule has 1 nitrogen and oxygen atoms in total. The van der Waals surface area contributed by atoms with E-state index in [0.29, 0.717) is 16.7 Å². The van der Waals surface area contributed by atoms with Crippen molar-refractivity contribution in [2.75, 3.05) is 0 Å². The molecule has 120 valence electrons. The van der Waals surface area contributed by atoms with Crippen LogP contribution in [0.3, 0.4) is 0 Å². The highest BCUT2D eigenvalue weighted by Crippen LogP contribution is 2.64. The van der Waals surface area contributed by atoms with Crippen LogP contribution in [0, 0.1) is 28.1 Å². The van der Waals surface area contributed by atoms with E-state index in [1.165, 1.54) is 37.5 Å². The molecular weight excluding hydrogens is 256 g/mol. The number of carbonyl (C=O) groups excluding carboxylic acids is 1. The first-order valence-corrected chi connectivity index (χ1v) is 8.76. The Morgan fingerprint density at radius 1 is 1.19 bits per heavy atom. The van der Waals surface area contributed by atoms with Crippen LogP contribution < -0.4 is 0 Å². The molecule has 0 bridgehead atoms. The van der Waals surface area contributed by atoms with E-state index in [0.717, 1.165) is 25.2 Å². The molecular formula is C20H34O. The number of rotatable bonds is 4. The van der Waals surface area contributed by atoms with Gasteiger partial charge in [0.25, 0.3) is 0 Å². The van der Waals surface area contributed by atoms with Crippen LogP contribution in [0.15, 0.2) is 12.2 Å². The van der Waals surface area contributed by atoms with E-state index in [1.807, 2.05) is 0 Å². The van der Waals surface area contributed by atoms with Crippen molar-refractivity contribution in [3.05, 3.63) is 12.2 Å². The Morgan fingerprint density at radius 3 is 2.43 bits per heavy atom. The van der Waals surface area contributed by atoms with Gasteiger partial charge < -0.3 is 4.79 Å². The summed E-state index contributed by atoms with van der Waals surface area (Å²) in [5.74, 6) is 1.28. The van der Waals surface area contributed by atoms with Crippen molar-refractivity contribution in [1.82, 2.24) is 0 Å². The van der Waals surface area contributed by atoms with E-state index in [2.05, 4.69) is 41.2 Å². The van der Waals surface area contributed by atoms with E-state index >= 15 is 0 Å². The lowest BCUT2D eigenvalue weighted by atomic mass is 9.43. The highest BCUT2D eigenvalue weighted by molar-refractivity contribution is 5.60. The summed E-state index contributed by atoms with van der Waals surface area (Å²) in [6, 6.07) is 0. The summed E-state index contributed by atoms with van der Waals surface area (Å²) < 4.78 is 0. The van der Waals surface area contributed by atoms with Crippen molar-refractivity contribution in [2.45, 2.75) is 79.6 Å². The fraction of sp³-hybridized carbons (Fsp3) is 0.850. The predicted octanol–water partition coefficient (Wildman–Crippen LogP) is 5.79. The highest BCUT2D eigenvalue weighted by atomic mass is 16.1. The van der Waals surface area contributed by atoms with Crippen LogP contribution in [0.25, 0.3) is 0 Å². The van der Waals surface area contributed by atoms with Crippen LogP contribution in [0.2, 0.25) is 0 Å². The number of allylic oxidation sites excluding steroid dienone is 1. The topological polar surface area (TPSA) is 17.1 Å². The van der Waals surface area contributed by atoms with Crippen molar-refractivity contribution in [3.8, 4) is 0 Å². The molecule has 1 unspecified atom stereocenters. The first kappa shape index (κ1) is 16.8. The summed E-state index contributed by atoms with van der Waals surface area (Å²) in [5, 5.41) is 0. The Labute approximate surface area is 131 Å². The van der Waals surface area contributed by atoms with Gasteiger partial charge in [0, 0.05) is 5.41 Å². The van der Waals surface area contributed by atoms with E-state index < -0.39 is 0 Å². The molecule has 2 saturated carbocycles. The summed E-state index contributed by atoms with van der Waals surface area (Å²) in [7, 11) is 0. The summed E-state index contributed by atoms with van der Waals surface area (Å²) in [6.07, 6.45) is 9.73. The summed E-state index contributed by atoms with van der Waals surface area (Å²) >= 11 is 0. The fourth-order valence-electron chi connectivity index (χ4n) is 5.88. The molecule has 1 heteroatoms. The summed E-state index contributed by atoms with van der Waals surface area (Å²) in [5.41, 5.74) is 1.88. The summed E-state index contributed by atoms with van der Waals surface area (Å²) in [4.78, 5) is 11.9. The predicted molar refractivity (Wildman–Crippen MR) is 90.2 cm³/mol. The molecule has 0 spiro atoms. The average Bonchev–Trinajstić information content (AvgIpc) is 2.36.